The van der Waals surface area contributed by atoms with Crippen molar-refractivity contribution in [1.29, 1.82) is 0 Å². The molecule has 0 saturated heterocycles. The average molecular weight is 293 g/mol. The number of hydrogen-bond acceptors (Lipinski definition) is 3. The minimum atomic E-state index is -0.0767. The van der Waals surface area contributed by atoms with Gasteiger partial charge in [0.25, 0.3) is 5.56 Å². The predicted molar refractivity (Wildman–Crippen MR) is 90.0 cm³/mol. The van der Waals surface area contributed by atoms with Crippen molar-refractivity contribution >= 4 is 5.82 Å². The van der Waals surface area contributed by atoms with E-state index in [-0.39, 0.29) is 11.5 Å². The van der Waals surface area contributed by atoms with Crippen molar-refractivity contribution in [1.82, 2.24) is 9.97 Å². The van der Waals surface area contributed by atoms with Gasteiger partial charge in [0.2, 0.25) is 0 Å². The molecule has 1 heterocycles. The summed E-state index contributed by atoms with van der Waals surface area (Å²) in [6.45, 7) is 7.20. The normalized spacial score (nSPS) is 11.0. The molecule has 2 N–H and O–H groups in total. The second-order valence-corrected chi connectivity index (χ2v) is 6.07. The molecule has 0 amide bonds. The number of aromatic amines is 1. The summed E-state index contributed by atoms with van der Waals surface area (Å²) < 4.78 is 0. The van der Waals surface area contributed by atoms with E-state index in [9.17, 15) is 4.79 Å². The van der Waals surface area contributed by atoms with Crippen LogP contribution in [0.15, 0.2) is 10.9 Å². The summed E-state index contributed by atoms with van der Waals surface area (Å²) in [5, 5.41) is 3.26. The third-order valence-electron chi connectivity index (χ3n) is 3.64. The van der Waals surface area contributed by atoms with Gasteiger partial charge in [0.05, 0.1) is 0 Å². The molecule has 0 radical (unpaired) electrons. The van der Waals surface area contributed by atoms with E-state index >= 15 is 0 Å². The topological polar surface area (TPSA) is 57.8 Å². The number of anilines is 1. The van der Waals surface area contributed by atoms with Gasteiger partial charge in [-0.05, 0) is 6.42 Å². The third-order valence-corrected chi connectivity index (χ3v) is 3.64. The maximum absolute atomic E-state index is 11.5. The van der Waals surface area contributed by atoms with Gasteiger partial charge in [0, 0.05) is 18.5 Å². The molecule has 21 heavy (non-hydrogen) atoms. The van der Waals surface area contributed by atoms with Crippen LogP contribution in [0.2, 0.25) is 0 Å². The highest BCUT2D eigenvalue weighted by Crippen LogP contribution is 2.10. The Morgan fingerprint density at radius 2 is 1.71 bits per heavy atom. The van der Waals surface area contributed by atoms with Crippen LogP contribution in [0.25, 0.3) is 0 Å². The van der Waals surface area contributed by atoms with E-state index in [1.165, 1.54) is 51.0 Å². The van der Waals surface area contributed by atoms with Gasteiger partial charge in [-0.15, -0.1) is 0 Å². The van der Waals surface area contributed by atoms with E-state index in [1.54, 1.807) is 0 Å². The van der Waals surface area contributed by atoms with E-state index < -0.39 is 0 Å². The van der Waals surface area contributed by atoms with Crippen LogP contribution in [0.1, 0.15) is 83.9 Å². The molecule has 4 nitrogen and oxygen atoms in total. The molecule has 1 aromatic heterocycles. The quantitative estimate of drug-likeness (QED) is 0.593. The van der Waals surface area contributed by atoms with Gasteiger partial charge in [-0.1, -0.05) is 65.7 Å². The van der Waals surface area contributed by atoms with Gasteiger partial charge >= 0.3 is 0 Å². The van der Waals surface area contributed by atoms with E-state index in [0.717, 1.165) is 18.8 Å². The van der Waals surface area contributed by atoms with Crippen molar-refractivity contribution in [3.05, 3.63) is 22.2 Å². The Kier molecular flexibility index (Phi) is 8.79. The number of H-pyrrole nitrogens is 1. The first-order valence-corrected chi connectivity index (χ1v) is 8.48. The lowest BCUT2D eigenvalue weighted by Crippen LogP contribution is -2.15. The third kappa shape index (κ3) is 7.88. The van der Waals surface area contributed by atoms with Crippen LogP contribution in [0.5, 0.6) is 0 Å². The summed E-state index contributed by atoms with van der Waals surface area (Å²) in [7, 11) is 0. The molecule has 0 aromatic carbocycles. The summed E-state index contributed by atoms with van der Waals surface area (Å²) in [5.74, 6) is 1.69. The summed E-state index contributed by atoms with van der Waals surface area (Å²) >= 11 is 0. The van der Waals surface area contributed by atoms with Crippen LogP contribution in [0.3, 0.4) is 0 Å². The number of nitrogens with one attached hydrogen (secondary N) is 2. The van der Waals surface area contributed by atoms with Crippen molar-refractivity contribution in [2.75, 3.05) is 11.9 Å². The minimum absolute atomic E-state index is 0.0767. The fourth-order valence-corrected chi connectivity index (χ4v) is 2.32. The van der Waals surface area contributed by atoms with Crippen LogP contribution in [-0.4, -0.2) is 16.5 Å². The lowest BCUT2D eigenvalue weighted by atomic mass is 10.1. The van der Waals surface area contributed by atoms with E-state index in [1.807, 2.05) is 13.8 Å². The Labute approximate surface area is 128 Å². The molecule has 0 bridgehead atoms. The van der Waals surface area contributed by atoms with Crippen molar-refractivity contribution in [3.63, 3.8) is 0 Å². The first-order chi connectivity index (χ1) is 10.1. The van der Waals surface area contributed by atoms with E-state index in [2.05, 4.69) is 22.2 Å². The summed E-state index contributed by atoms with van der Waals surface area (Å²) in [5.41, 5.74) is -0.0767. The largest absolute Gasteiger partial charge is 0.370 e. The van der Waals surface area contributed by atoms with Gasteiger partial charge in [-0.3, -0.25) is 4.79 Å². The molecular formula is C17H31N3O. The van der Waals surface area contributed by atoms with Gasteiger partial charge in [-0.25, -0.2) is 4.98 Å². The lowest BCUT2D eigenvalue weighted by molar-refractivity contribution is 0.581. The van der Waals surface area contributed by atoms with Gasteiger partial charge < -0.3 is 10.3 Å². The van der Waals surface area contributed by atoms with Crippen LogP contribution in [0.4, 0.5) is 5.82 Å². The highest BCUT2D eigenvalue weighted by molar-refractivity contribution is 5.33. The maximum Gasteiger partial charge on any atom is 0.252 e. The molecule has 1 rings (SSSR count). The minimum Gasteiger partial charge on any atom is -0.370 e. The smallest absolute Gasteiger partial charge is 0.252 e. The number of hydrogen-bond donors (Lipinski definition) is 2. The van der Waals surface area contributed by atoms with Crippen molar-refractivity contribution in [2.24, 2.45) is 0 Å². The van der Waals surface area contributed by atoms with Crippen LogP contribution >= 0.6 is 0 Å². The van der Waals surface area contributed by atoms with Crippen LogP contribution < -0.4 is 10.9 Å². The monoisotopic (exact) mass is 293 g/mol. The predicted octanol–water partition coefficient (Wildman–Crippen LogP) is 4.45. The molecule has 4 heteroatoms. The van der Waals surface area contributed by atoms with E-state index in [0.29, 0.717) is 5.82 Å². The van der Waals surface area contributed by atoms with E-state index in [4.69, 9.17) is 0 Å². The zero-order valence-electron chi connectivity index (χ0n) is 13.9. The molecule has 0 aliphatic rings. The summed E-state index contributed by atoms with van der Waals surface area (Å²) in [4.78, 5) is 18.7. The van der Waals surface area contributed by atoms with Gasteiger partial charge in [0.15, 0.2) is 0 Å². The molecular weight excluding hydrogens is 262 g/mol. The molecule has 0 aliphatic heterocycles. The van der Waals surface area contributed by atoms with Crippen molar-refractivity contribution in [3.8, 4) is 0 Å². The Morgan fingerprint density at radius 3 is 2.33 bits per heavy atom. The number of aromatic nitrogens is 2. The molecule has 0 atom stereocenters. The fraction of sp³-hybridized carbons (Fsp3) is 0.765. The fourth-order valence-electron chi connectivity index (χ4n) is 2.32. The standard InChI is InChI=1S/C17H31N3O/c1-4-5-6-7-8-9-10-11-12-18-15-13-16(21)20-17(19-15)14(2)3/h13-14H,4-12H2,1-3H3,(H2,18,19,20,21). The molecule has 0 aliphatic carbocycles. The molecule has 0 unspecified atom stereocenters. The Hall–Kier alpha value is -1.32. The Balaban J connectivity index is 2.17. The number of rotatable bonds is 11. The van der Waals surface area contributed by atoms with Crippen molar-refractivity contribution < 1.29 is 0 Å². The SMILES string of the molecule is CCCCCCCCCCNc1cc(=O)[nH]c(C(C)C)n1. The van der Waals surface area contributed by atoms with Crippen LogP contribution in [-0.2, 0) is 0 Å². The second-order valence-electron chi connectivity index (χ2n) is 6.07. The Bertz CT molecular complexity index is 440. The maximum atomic E-state index is 11.5. The summed E-state index contributed by atoms with van der Waals surface area (Å²) in [6.07, 6.45) is 10.5. The molecule has 0 saturated carbocycles. The first kappa shape index (κ1) is 17.7. The number of nitrogens with zero attached hydrogens (tertiary/aromatic N) is 1. The van der Waals surface area contributed by atoms with Crippen LogP contribution in [0, 0.1) is 0 Å². The molecule has 1 aromatic rings. The van der Waals surface area contributed by atoms with Gasteiger partial charge in [0.1, 0.15) is 11.6 Å². The number of unbranched alkanes of at least 4 members (excludes halogenated alkanes) is 7. The highest BCUT2D eigenvalue weighted by atomic mass is 16.1. The molecule has 0 spiro atoms. The zero-order chi connectivity index (χ0) is 15.5. The van der Waals surface area contributed by atoms with Gasteiger partial charge in [-0.2, -0.15) is 0 Å². The zero-order valence-corrected chi connectivity index (χ0v) is 13.9. The second kappa shape index (κ2) is 10.4. The summed E-state index contributed by atoms with van der Waals surface area (Å²) in [6, 6.07) is 1.54. The Morgan fingerprint density at radius 1 is 1.10 bits per heavy atom. The highest BCUT2D eigenvalue weighted by Gasteiger charge is 2.04. The molecule has 0 fully saturated rings. The molecule has 120 valence electrons. The first-order valence-electron chi connectivity index (χ1n) is 8.48. The lowest BCUT2D eigenvalue weighted by Gasteiger charge is -2.09. The average Bonchev–Trinajstić information content (AvgIpc) is 2.45. The van der Waals surface area contributed by atoms with Crippen molar-refractivity contribution in [2.45, 2.75) is 78.1 Å².